The maximum atomic E-state index is 12.7. The molecule has 0 spiro atoms. The summed E-state index contributed by atoms with van der Waals surface area (Å²) in [5, 5.41) is 0. The predicted molar refractivity (Wildman–Crippen MR) is 98.7 cm³/mol. The minimum Gasteiger partial charge on any atom is -0.338 e. The van der Waals surface area contributed by atoms with Crippen molar-refractivity contribution in [3.8, 4) is 11.5 Å². The Labute approximate surface area is 157 Å². The summed E-state index contributed by atoms with van der Waals surface area (Å²) in [4.78, 5) is 36.0. The summed E-state index contributed by atoms with van der Waals surface area (Å²) < 4.78 is 1.92. The summed E-state index contributed by atoms with van der Waals surface area (Å²) in [7, 11) is 1.93. The van der Waals surface area contributed by atoms with Crippen molar-refractivity contribution in [1.29, 1.82) is 0 Å². The lowest BCUT2D eigenvalue weighted by Crippen LogP contribution is -2.29. The fourth-order valence-corrected chi connectivity index (χ4v) is 3.44. The number of nitrogens with zero attached hydrogens (tertiary/aromatic N) is 7. The van der Waals surface area contributed by atoms with E-state index in [4.69, 9.17) is 0 Å². The normalized spacial score (nSPS) is 16.7. The lowest BCUT2D eigenvalue weighted by atomic mass is 10.0. The number of hydrogen-bond acceptors (Lipinski definition) is 6. The van der Waals surface area contributed by atoms with E-state index in [1.165, 1.54) is 6.33 Å². The molecule has 1 amide bonds. The summed E-state index contributed by atoms with van der Waals surface area (Å²) in [5.41, 5.74) is 2.99. The number of imidazole rings is 1. The Morgan fingerprint density at radius 1 is 1.19 bits per heavy atom. The Morgan fingerprint density at radius 2 is 2.07 bits per heavy atom. The summed E-state index contributed by atoms with van der Waals surface area (Å²) in [5.74, 6) is 1.19. The minimum atomic E-state index is 0.00631. The molecule has 0 radical (unpaired) electrons. The van der Waals surface area contributed by atoms with Gasteiger partial charge in [0.25, 0.3) is 5.91 Å². The molecule has 0 aliphatic carbocycles. The van der Waals surface area contributed by atoms with Crippen LogP contribution in [0.4, 0.5) is 0 Å². The highest BCUT2D eigenvalue weighted by molar-refractivity contribution is 5.95. The fraction of sp³-hybridized carbons (Fsp3) is 0.368. The van der Waals surface area contributed by atoms with Crippen molar-refractivity contribution in [3.05, 3.63) is 54.3 Å². The van der Waals surface area contributed by atoms with E-state index in [0.29, 0.717) is 17.2 Å². The van der Waals surface area contributed by atoms with E-state index < -0.39 is 0 Å². The first-order valence-corrected chi connectivity index (χ1v) is 8.96. The highest BCUT2D eigenvalue weighted by Gasteiger charge is 2.28. The average molecular weight is 363 g/mol. The van der Waals surface area contributed by atoms with E-state index in [-0.39, 0.29) is 5.91 Å². The Bertz CT molecular complexity index is 951. The quantitative estimate of drug-likeness (QED) is 0.701. The first kappa shape index (κ1) is 17.3. The molecular weight excluding hydrogens is 342 g/mol. The molecule has 1 aliphatic rings. The monoisotopic (exact) mass is 363 g/mol. The van der Waals surface area contributed by atoms with Gasteiger partial charge < -0.3 is 9.47 Å². The molecule has 3 aromatic rings. The second kappa shape index (κ2) is 7.22. The molecule has 138 valence electrons. The zero-order valence-corrected chi connectivity index (χ0v) is 15.4. The minimum absolute atomic E-state index is 0.00631. The smallest absolute Gasteiger partial charge is 0.257 e. The molecular formula is C19H21N7O. The molecule has 1 saturated heterocycles. The van der Waals surface area contributed by atoms with Gasteiger partial charge in [-0.2, -0.15) is 0 Å². The molecule has 0 N–H and O–H groups in total. The highest BCUT2D eigenvalue weighted by Crippen LogP contribution is 2.22. The van der Waals surface area contributed by atoms with E-state index in [2.05, 4.69) is 24.9 Å². The highest BCUT2D eigenvalue weighted by atomic mass is 16.2. The van der Waals surface area contributed by atoms with Crippen LogP contribution in [0.5, 0.6) is 0 Å². The van der Waals surface area contributed by atoms with Gasteiger partial charge in [-0.05, 0) is 25.7 Å². The first-order chi connectivity index (χ1) is 13.1. The van der Waals surface area contributed by atoms with Gasteiger partial charge >= 0.3 is 0 Å². The molecule has 4 rings (SSSR count). The third-order valence-electron chi connectivity index (χ3n) is 4.97. The van der Waals surface area contributed by atoms with Crippen molar-refractivity contribution in [2.24, 2.45) is 13.0 Å². The summed E-state index contributed by atoms with van der Waals surface area (Å²) in [6, 6.07) is 0. The van der Waals surface area contributed by atoms with Crippen LogP contribution in [0.25, 0.3) is 11.5 Å². The first-order valence-electron chi connectivity index (χ1n) is 8.96. The van der Waals surface area contributed by atoms with Crippen LogP contribution >= 0.6 is 0 Å². The fourth-order valence-electron chi connectivity index (χ4n) is 3.44. The number of rotatable bonds is 4. The average Bonchev–Trinajstić information content (AvgIpc) is 3.31. The Kier molecular flexibility index (Phi) is 4.62. The molecule has 0 unspecified atom stereocenters. The van der Waals surface area contributed by atoms with Crippen LogP contribution in [0.3, 0.4) is 0 Å². The van der Waals surface area contributed by atoms with Gasteiger partial charge in [-0.25, -0.2) is 19.9 Å². The predicted octanol–water partition coefficient (Wildman–Crippen LogP) is 1.68. The number of hydrogen-bond donors (Lipinski definition) is 0. The van der Waals surface area contributed by atoms with Crippen molar-refractivity contribution in [3.63, 3.8) is 0 Å². The number of amides is 1. The molecule has 0 saturated carbocycles. The number of carbonyl (C=O) groups excluding carboxylic acids is 1. The van der Waals surface area contributed by atoms with Crippen molar-refractivity contribution >= 4 is 5.91 Å². The maximum absolute atomic E-state index is 12.7. The number of carbonyl (C=O) groups is 1. The molecule has 8 heteroatoms. The van der Waals surface area contributed by atoms with Crippen LogP contribution in [0.1, 0.15) is 28.2 Å². The Morgan fingerprint density at radius 3 is 2.78 bits per heavy atom. The van der Waals surface area contributed by atoms with E-state index in [1.54, 1.807) is 18.6 Å². The van der Waals surface area contributed by atoms with Gasteiger partial charge in [0, 0.05) is 44.9 Å². The number of aryl methyl sites for hydroxylation is 2. The molecule has 3 aromatic heterocycles. The molecule has 4 heterocycles. The molecule has 27 heavy (non-hydrogen) atoms. The molecule has 0 aromatic carbocycles. The van der Waals surface area contributed by atoms with Gasteiger partial charge in [-0.15, -0.1) is 0 Å². The molecule has 1 atom stereocenters. The van der Waals surface area contributed by atoms with Crippen molar-refractivity contribution in [2.45, 2.75) is 19.8 Å². The standard InChI is InChI=1S/C19H21N7O/c1-13-16(9-20-12-24-13)19(27)26-5-3-14(11-26)7-15-8-23-17(10-22-15)18-21-4-6-25(18)2/h4,6,8-10,12,14H,3,5,7,11H2,1-2H3/t14-/m0/s1. The topological polar surface area (TPSA) is 89.7 Å². The Balaban J connectivity index is 1.39. The summed E-state index contributed by atoms with van der Waals surface area (Å²) in [6.07, 6.45) is 12.0. The Hall–Kier alpha value is -3.16. The van der Waals surface area contributed by atoms with Crippen LogP contribution in [-0.2, 0) is 13.5 Å². The van der Waals surface area contributed by atoms with E-state index >= 15 is 0 Å². The molecule has 0 bridgehead atoms. The SMILES string of the molecule is Cc1ncncc1C(=O)N1CC[C@@H](Cc2cnc(-c3nccn3C)cn2)C1. The van der Waals surface area contributed by atoms with Crippen LogP contribution in [0.15, 0.2) is 37.3 Å². The number of likely N-dealkylation sites (tertiary alicyclic amines) is 1. The molecule has 1 fully saturated rings. The third-order valence-corrected chi connectivity index (χ3v) is 4.97. The zero-order valence-electron chi connectivity index (χ0n) is 15.4. The van der Waals surface area contributed by atoms with E-state index in [1.807, 2.05) is 35.8 Å². The van der Waals surface area contributed by atoms with Gasteiger partial charge in [-0.1, -0.05) is 0 Å². The van der Waals surface area contributed by atoms with Crippen LogP contribution < -0.4 is 0 Å². The summed E-state index contributed by atoms with van der Waals surface area (Å²) >= 11 is 0. The largest absolute Gasteiger partial charge is 0.338 e. The maximum Gasteiger partial charge on any atom is 0.257 e. The second-order valence-electron chi connectivity index (χ2n) is 6.89. The van der Waals surface area contributed by atoms with E-state index in [9.17, 15) is 4.79 Å². The number of aromatic nitrogens is 6. The van der Waals surface area contributed by atoms with Crippen LogP contribution in [0, 0.1) is 12.8 Å². The van der Waals surface area contributed by atoms with Crippen molar-refractivity contribution in [2.75, 3.05) is 13.1 Å². The van der Waals surface area contributed by atoms with Gasteiger partial charge in [-0.3, -0.25) is 9.78 Å². The molecule has 8 nitrogen and oxygen atoms in total. The van der Waals surface area contributed by atoms with Gasteiger partial charge in [0.2, 0.25) is 0 Å². The lowest BCUT2D eigenvalue weighted by molar-refractivity contribution is 0.0785. The van der Waals surface area contributed by atoms with Crippen LogP contribution in [0.2, 0.25) is 0 Å². The van der Waals surface area contributed by atoms with Crippen molar-refractivity contribution in [1.82, 2.24) is 34.4 Å². The van der Waals surface area contributed by atoms with Gasteiger partial charge in [0.15, 0.2) is 5.82 Å². The summed E-state index contributed by atoms with van der Waals surface area (Å²) in [6.45, 7) is 3.30. The third kappa shape index (κ3) is 3.55. The van der Waals surface area contributed by atoms with Gasteiger partial charge in [0.1, 0.15) is 12.0 Å². The van der Waals surface area contributed by atoms with E-state index in [0.717, 1.165) is 43.1 Å². The van der Waals surface area contributed by atoms with Crippen molar-refractivity contribution < 1.29 is 4.79 Å². The lowest BCUT2D eigenvalue weighted by Gasteiger charge is -2.17. The second-order valence-corrected chi connectivity index (χ2v) is 6.89. The van der Waals surface area contributed by atoms with Crippen LogP contribution in [-0.4, -0.2) is 53.4 Å². The zero-order chi connectivity index (χ0) is 18.8. The molecule has 1 aliphatic heterocycles. The van der Waals surface area contributed by atoms with Gasteiger partial charge in [0.05, 0.1) is 23.1 Å².